The highest BCUT2D eigenvalue weighted by atomic mass is 15.0. The van der Waals surface area contributed by atoms with Crippen LogP contribution in [0.5, 0.6) is 0 Å². The maximum Gasteiger partial charge on any atom is 0.0266 e. The SMILES string of the molecule is C1=C2CC3CC1CC(C3)N2. The van der Waals surface area contributed by atoms with Crippen molar-refractivity contribution in [2.24, 2.45) is 11.8 Å². The first-order chi connectivity index (χ1) is 4.90. The zero-order valence-electron chi connectivity index (χ0n) is 6.14. The van der Waals surface area contributed by atoms with Crippen LogP contribution in [0.3, 0.4) is 0 Å². The van der Waals surface area contributed by atoms with E-state index in [1.807, 2.05) is 0 Å². The Morgan fingerprint density at radius 3 is 3.00 bits per heavy atom. The van der Waals surface area contributed by atoms with Gasteiger partial charge in [-0.2, -0.15) is 0 Å². The van der Waals surface area contributed by atoms with Crippen molar-refractivity contribution in [2.75, 3.05) is 0 Å². The minimum absolute atomic E-state index is 0.859. The van der Waals surface area contributed by atoms with Crippen LogP contribution in [0, 0.1) is 11.8 Å². The lowest BCUT2D eigenvalue weighted by molar-refractivity contribution is 0.190. The summed E-state index contributed by atoms with van der Waals surface area (Å²) in [5.41, 5.74) is 1.56. The highest BCUT2D eigenvalue weighted by molar-refractivity contribution is 5.17. The molecule has 1 nitrogen and oxygen atoms in total. The van der Waals surface area contributed by atoms with E-state index in [2.05, 4.69) is 11.4 Å². The third kappa shape index (κ3) is 0.582. The molecule has 4 bridgehead atoms. The molecule has 54 valence electrons. The van der Waals surface area contributed by atoms with Gasteiger partial charge in [0.05, 0.1) is 0 Å². The summed E-state index contributed by atoms with van der Waals surface area (Å²) in [7, 11) is 0. The first-order valence-corrected chi connectivity index (χ1v) is 4.37. The molecule has 2 heterocycles. The molecule has 2 aliphatic carbocycles. The summed E-state index contributed by atoms with van der Waals surface area (Å²) in [5, 5.41) is 3.57. The first-order valence-electron chi connectivity index (χ1n) is 4.37. The van der Waals surface area contributed by atoms with E-state index in [1.165, 1.54) is 25.7 Å². The van der Waals surface area contributed by atoms with Crippen LogP contribution in [0.25, 0.3) is 0 Å². The molecule has 1 heteroatoms. The Bertz CT molecular complexity index is 179. The van der Waals surface area contributed by atoms with Crippen molar-refractivity contribution in [3.63, 3.8) is 0 Å². The van der Waals surface area contributed by atoms with Gasteiger partial charge < -0.3 is 5.32 Å². The average molecular weight is 135 g/mol. The fraction of sp³-hybridized carbons (Fsp3) is 0.778. The summed E-state index contributed by atoms with van der Waals surface area (Å²) >= 11 is 0. The number of piperidine rings is 1. The summed E-state index contributed by atoms with van der Waals surface area (Å²) in [6, 6.07) is 0.859. The molecule has 0 aromatic carbocycles. The van der Waals surface area contributed by atoms with Crippen LogP contribution in [-0.4, -0.2) is 6.04 Å². The van der Waals surface area contributed by atoms with Crippen molar-refractivity contribution in [1.29, 1.82) is 0 Å². The van der Waals surface area contributed by atoms with Gasteiger partial charge in [-0.15, -0.1) is 0 Å². The molecule has 0 aromatic heterocycles. The average Bonchev–Trinajstić information content (AvgIpc) is 1.82. The van der Waals surface area contributed by atoms with Crippen molar-refractivity contribution in [1.82, 2.24) is 5.32 Å². The molecule has 10 heavy (non-hydrogen) atoms. The van der Waals surface area contributed by atoms with Crippen LogP contribution in [0.2, 0.25) is 0 Å². The summed E-state index contributed by atoms with van der Waals surface area (Å²) < 4.78 is 0. The molecule has 3 atom stereocenters. The lowest BCUT2D eigenvalue weighted by Crippen LogP contribution is -2.45. The summed E-state index contributed by atoms with van der Waals surface area (Å²) in [6.45, 7) is 0. The minimum atomic E-state index is 0.859. The van der Waals surface area contributed by atoms with Crippen molar-refractivity contribution < 1.29 is 0 Å². The molecule has 2 fully saturated rings. The Kier molecular flexibility index (Phi) is 0.825. The lowest BCUT2D eigenvalue weighted by atomic mass is 9.69. The number of allylic oxidation sites excluding steroid dienone is 2. The molecule has 1 saturated heterocycles. The summed E-state index contributed by atoms with van der Waals surface area (Å²) in [4.78, 5) is 0. The molecular formula is C9H13N. The molecule has 1 N–H and O–H groups in total. The Morgan fingerprint density at radius 2 is 2.30 bits per heavy atom. The van der Waals surface area contributed by atoms with E-state index in [0.717, 1.165) is 17.9 Å². The monoisotopic (exact) mass is 135 g/mol. The second-order valence-corrected chi connectivity index (χ2v) is 4.07. The molecule has 4 aliphatic rings. The van der Waals surface area contributed by atoms with E-state index in [-0.39, 0.29) is 0 Å². The largest absolute Gasteiger partial charge is 0.386 e. The molecule has 0 radical (unpaired) electrons. The minimum Gasteiger partial charge on any atom is -0.386 e. The Morgan fingerprint density at radius 1 is 1.30 bits per heavy atom. The molecule has 2 aliphatic heterocycles. The maximum atomic E-state index is 3.57. The summed E-state index contributed by atoms with van der Waals surface area (Å²) in [5.74, 6) is 2.00. The van der Waals surface area contributed by atoms with E-state index < -0.39 is 0 Å². The quantitative estimate of drug-likeness (QED) is 0.532. The van der Waals surface area contributed by atoms with Crippen molar-refractivity contribution >= 4 is 0 Å². The van der Waals surface area contributed by atoms with Crippen LogP contribution < -0.4 is 5.32 Å². The van der Waals surface area contributed by atoms with Crippen LogP contribution in [-0.2, 0) is 0 Å². The Labute approximate surface area is 61.5 Å². The van der Waals surface area contributed by atoms with Gasteiger partial charge in [-0.3, -0.25) is 0 Å². The van der Waals surface area contributed by atoms with Gasteiger partial charge in [0.15, 0.2) is 0 Å². The maximum absolute atomic E-state index is 3.57. The van der Waals surface area contributed by atoms with Gasteiger partial charge in [-0.25, -0.2) is 0 Å². The normalized spacial score (nSPS) is 48.8. The highest BCUT2D eigenvalue weighted by Gasteiger charge is 2.36. The van der Waals surface area contributed by atoms with Gasteiger partial charge in [0.1, 0.15) is 0 Å². The van der Waals surface area contributed by atoms with Gasteiger partial charge in [-0.1, -0.05) is 6.08 Å². The third-order valence-corrected chi connectivity index (χ3v) is 3.18. The zero-order chi connectivity index (χ0) is 6.55. The standard InChI is InChI=1S/C9H13N/c1-6-2-8-4-7(1)5-9(3-6)10-8/h2,6-7,9-10H,1,3-5H2. The van der Waals surface area contributed by atoms with Crippen LogP contribution in [0.15, 0.2) is 11.8 Å². The predicted molar refractivity (Wildman–Crippen MR) is 40.5 cm³/mol. The Hall–Kier alpha value is -0.460. The van der Waals surface area contributed by atoms with Gasteiger partial charge in [-0.05, 0) is 37.5 Å². The second-order valence-electron chi connectivity index (χ2n) is 4.07. The molecule has 4 rings (SSSR count). The molecular weight excluding hydrogens is 122 g/mol. The topological polar surface area (TPSA) is 12.0 Å². The zero-order valence-corrected chi connectivity index (χ0v) is 6.14. The fourth-order valence-electron chi connectivity index (χ4n) is 2.94. The van der Waals surface area contributed by atoms with Gasteiger partial charge in [0, 0.05) is 11.7 Å². The van der Waals surface area contributed by atoms with Crippen molar-refractivity contribution in [2.45, 2.75) is 31.7 Å². The van der Waals surface area contributed by atoms with E-state index in [4.69, 9.17) is 0 Å². The van der Waals surface area contributed by atoms with Crippen molar-refractivity contribution in [3.05, 3.63) is 11.8 Å². The van der Waals surface area contributed by atoms with E-state index in [1.54, 1.807) is 5.70 Å². The lowest BCUT2D eigenvalue weighted by Gasteiger charge is -2.45. The van der Waals surface area contributed by atoms with Crippen LogP contribution in [0.4, 0.5) is 0 Å². The number of rotatable bonds is 0. The molecule has 3 unspecified atom stereocenters. The smallest absolute Gasteiger partial charge is 0.0266 e. The predicted octanol–water partition coefficient (Wildman–Crippen LogP) is 1.66. The number of hydrogen-bond acceptors (Lipinski definition) is 1. The molecule has 0 aromatic rings. The van der Waals surface area contributed by atoms with E-state index in [0.29, 0.717) is 0 Å². The van der Waals surface area contributed by atoms with Crippen LogP contribution >= 0.6 is 0 Å². The summed E-state index contributed by atoms with van der Waals surface area (Å²) in [6.07, 6.45) is 8.18. The van der Waals surface area contributed by atoms with E-state index >= 15 is 0 Å². The van der Waals surface area contributed by atoms with Gasteiger partial charge in [0.2, 0.25) is 0 Å². The Balaban J connectivity index is 2.04. The third-order valence-electron chi connectivity index (χ3n) is 3.18. The first kappa shape index (κ1) is 5.22. The van der Waals surface area contributed by atoms with Gasteiger partial charge in [0.25, 0.3) is 0 Å². The second kappa shape index (κ2) is 1.58. The molecule has 1 saturated carbocycles. The molecule has 0 amide bonds. The fourth-order valence-corrected chi connectivity index (χ4v) is 2.94. The van der Waals surface area contributed by atoms with Crippen LogP contribution in [0.1, 0.15) is 25.7 Å². The highest BCUT2D eigenvalue weighted by Crippen LogP contribution is 2.42. The van der Waals surface area contributed by atoms with E-state index in [9.17, 15) is 0 Å². The van der Waals surface area contributed by atoms with Gasteiger partial charge >= 0.3 is 0 Å². The van der Waals surface area contributed by atoms with Crippen molar-refractivity contribution in [3.8, 4) is 0 Å². The number of nitrogens with one attached hydrogen (secondary N) is 1. The molecule has 0 spiro atoms. The number of hydrogen-bond donors (Lipinski definition) is 1.